The molecule has 0 aliphatic rings. The van der Waals surface area contributed by atoms with Crippen LogP contribution in [-0.4, -0.2) is 11.9 Å². The summed E-state index contributed by atoms with van der Waals surface area (Å²) in [7, 11) is 0. The quantitative estimate of drug-likeness (QED) is 0.532. The third-order valence-electron chi connectivity index (χ3n) is 3.63. The minimum absolute atomic E-state index is 0.0215. The van der Waals surface area contributed by atoms with Crippen molar-refractivity contribution in [1.82, 2.24) is 5.32 Å². The molecule has 0 aliphatic carbocycles. The third-order valence-corrected chi connectivity index (χ3v) is 3.63. The second kappa shape index (κ2) is 13.0. The average molecular weight is 280 g/mol. The van der Waals surface area contributed by atoms with Crippen molar-refractivity contribution < 1.29 is 4.79 Å². The predicted octanol–water partition coefficient (Wildman–Crippen LogP) is 4.57. The Hall–Kier alpha value is -1.04. The number of nitrogens with one attached hydrogen (secondary N) is 1. The number of rotatable bonds is 12. The molecule has 0 fully saturated rings. The van der Waals surface area contributed by atoms with Crippen LogP contribution in [0.4, 0.5) is 0 Å². The summed E-state index contributed by atoms with van der Waals surface area (Å²) >= 11 is 0. The molecule has 0 radical (unpaired) electrons. The molecule has 20 heavy (non-hydrogen) atoms. The first-order valence-electron chi connectivity index (χ1n) is 8.30. The normalized spacial score (nSPS) is 12.2. The Morgan fingerprint density at radius 2 is 1.50 bits per heavy atom. The van der Waals surface area contributed by atoms with Crippen LogP contribution in [0.25, 0.3) is 0 Å². The van der Waals surface area contributed by atoms with E-state index in [-0.39, 0.29) is 17.9 Å². The van der Waals surface area contributed by atoms with E-state index in [4.69, 9.17) is 5.26 Å². The van der Waals surface area contributed by atoms with E-state index < -0.39 is 0 Å². The molecule has 1 unspecified atom stereocenters. The number of unbranched alkanes of at least 4 members (excludes halogenated alkanes) is 8. The van der Waals surface area contributed by atoms with Gasteiger partial charge in [0, 0.05) is 6.42 Å². The van der Waals surface area contributed by atoms with E-state index in [1.54, 1.807) is 0 Å². The zero-order valence-corrected chi connectivity index (χ0v) is 13.6. The van der Waals surface area contributed by atoms with E-state index in [0.29, 0.717) is 6.42 Å². The molecule has 1 amide bonds. The van der Waals surface area contributed by atoms with E-state index in [1.807, 2.05) is 13.8 Å². The lowest BCUT2D eigenvalue weighted by Gasteiger charge is -2.14. The van der Waals surface area contributed by atoms with Crippen molar-refractivity contribution in [2.75, 3.05) is 0 Å². The topological polar surface area (TPSA) is 52.9 Å². The van der Waals surface area contributed by atoms with E-state index in [9.17, 15) is 4.79 Å². The minimum Gasteiger partial charge on any atom is -0.340 e. The maximum absolute atomic E-state index is 11.7. The van der Waals surface area contributed by atoms with Gasteiger partial charge in [-0.3, -0.25) is 4.79 Å². The summed E-state index contributed by atoms with van der Waals surface area (Å²) in [6.45, 7) is 6.14. The number of carbonyl (C=O) groups excluding carboxylic acids is 1. The summed E-state index contributed by atoms with van der Waals surface area (Å²) < 4.78 is 0. The van der Waals surface area contributed by atoms with Crippen LogP contribution in [0, 0.1) is 17.2 Å². The Kier molecular flexibility index (Phi) is 12.3. The molecule has 0 aliphatic heterocycles. The van der Waals surface area contributed by atoms with E-state index in [2.05, 4.69) is 18.3 Å². The molecule has 0 aromatic heterocycles. The Morgan fingerprint density at radius 3 is 1.95 bits per heavy atom. The number of nitriles is 1. The first kappa shape index (κ1) is 19.0. The standard InChI is InChI=1S/C17H32N2O/c1-4-5-6-7-8-9-10-11-12-13-17(20)19-16(14-18)15(2)3/h15-16H,4-13H2,1-3H3,(H,19,20). The molecule has 0 saturated carbocycles. The van der Waals surface area contributed by atoms with Crippen molar-refractivity contribution in [3.8, 4) is 6.07 Å². The van der Waals surface area contributed by atoms with Gasteiger partial charge < -0.3 is 5.32 Å². The van der Waals surface area contributed by atoms with E-state index in [1.165, 1.54) is 44.9 Å². The van der Waals surface area contributed by atoms with Crippen molar-refractivity contribution in [3.63, 3.8) is 0 Å². The minimum atomic E-state index is -0.346. The highest BCUT2D eigenvalue weighted by atomic mass is 16.1. The van der Waals surface area contributed by atoms with Gasteiger partial charge in [-0.1, -0.05) is 72.1 Å². The Labute approximate surface area is 125 Å². The second-order valence-corrected chi connectivity index (χ2v) is 6.00. The summed E-state index contributed by atoms with van der Waals surface area (Å²) in [6, 6.07) is 1.79. The van der Waals surface area contributed by atoms with E-state index in [0.717, 1.165) is 12.8 Å². The van der Waals surface area contributed by atoms with Crippen LogP contribution in [0.15, 0.2) is 0 Å². The fourth-order valence-electron chi connectivity index (χ4n) is 2.19. The molecule has 0 aromatic rings. The van der Waals surface area contributed by atoms with Crippen LogP contribution in [0.1, 0.15) is 85.0 Å². The number of hydrogen-bond donors (Lipinski definition) is 1. The number of carbonyl (C=O) groups is 1. The van der Waals surface area contributed by atoms with Gasteiger partial charge in [-0.05, 0) is 12.3 Å². The highest BCUT2D eigenvalue weighted by molar-refractivity contribution is 5.76. The van der Waals surface area contributed by atoms with Crippen LogP contribution in [0.3, 0.4) is 0 Å². The van der Waals surface area contributed by atoms with Crippen molar-refractivity contribution in [3.05, 3.63) is 0 Å². The first-order valence-corrected chi connectivity index (χ1v) is 8.30. The van der Waals surface area contributed by atoms with Crippen LogP contribution >= 0.6 is 0 Å². The number of amides is 1. The van der Waals surface area contributed by atoms with Crippen molar-refractivity contribution >= 4 is 5.91 Å². The van der Waals surface area contributed by atoms with Gasteiger partial charge in [0.1, 0.15) is 6.04 Å². The van der Waals surface area contributed by atoms with Gasteiger partial charge in [0.25, 0.3) is 0 Å². The third kappa shape index (κ3) is 10.8. The molecule has 0 bridgehead atoms. The lowest BCUT2D eigenvalue weighted by Crippen LogP contribution is -2.37. The molecular formula is C17H32N2O. The largest absolute Gasteiger partial charge is 0.340 e. The van der Waals surface area contributed by atoms with Gasteiger partial charge in [-0.15, -0.1) is 0 Å². The Balaban J connectivity index is 3.42. The molecule has 0 saturated heterocycles. The summed E-state index contributed by atoms with van der Waals surface area (Å²) in [6.07, 6.45) is 11.8. The van der Waals surface area contributed by atoms with Gasteiger partial charge in [-0.25, -0.2) is 0 Å². The van der Waals surface area contributed by atoms with Crippen molar-refractivity contribution in [2.24, 2.45) is 5.92 Å². The monoisotopic (exact) mass is 280 g/mol. The second-order valence-electron chi connectivity index (χ2n) is 6.00. The van der Waals surface area contributed by atoms with Crippen LogP contribution in [-0.2, 0) is 4.79 Å². The zero-order valence-electron chi connectivity index (χ0n) is 13.6. The summed E-state index contributed by atoms with van der Waals surface area (Å²) in [5, 5.41) is 11.7. The van der Waals surface area contributed by atoms with Crippen molar-refractivity contribution in [2.45, 2.75) is 91.0 Å². The highest BCUT2D eigenvalue weighted by Crippen LogP contribution is 2.10. The van der Waals surface area contributed by atoms with Crippen molar-refractivity contribution in [1.29, 1.82) is 5.26 Å². The molecule has 3 nitrogen and oxygen atoms in total. The predicted molar refractivity (Wildman–Crippen MR) is 84.2 cm³/mol. The maximum atomic E-state index is 11.7. The molecule has 0 aromatic carbocycles. The number of nitrogens with zero attached hydrogens (tertiary/aromatic N) is 1. The van der Waals surface area contributed by atoms with Crippen LogP contribution < -0.4 is 5.32 Å². The summed E-state index contributed by atoms with van der Waals surface area (Å²) in [4.78, 5) is 11.7. The van der Waals surface area contributed by atoms with Gasteiger partial charge >= 0.3 is 0 Å². The highest BCUT2D eigenvalue weighted by Gasteiger charge is 2.14. The molecule has 1 N–H and O–H groups in total. The molecule has 0 rings (SSSR count). The fraction of sp³-hybridized carbons (Fsp3) is 0.882. The summed E-state index contributed by atoms with van der Waals surface area (Å²) in [5.74, 6) is 0.195. The molecule has 1 atom stereocenters. The van der Waals surface area contributed by atoms with Gasteiger partial charge in [-0.2, -0.15) is 5.26 Å². The van der Waals surface area contributed by atoms with E-state index >= 15 is 0 Å². The Bertz CT molecular complexity index is 281. The van der Waals surface area contributed by atoms with Crippen LogP contribution in [0.2, 0.25) is 0 Å². The first-order chi connectivity index (χ1) is 9.61. The lowest BCUT2D eigenvalue weighted by molar-refractivity contribution is -0.121. The molecule has 0 heterocycles. The maximum Gasteiger partial charge on any atom is 0.221 e. The molecule has 3 heteroatoms. The molecule has 116 valence electrons. The summed E-state index contributed by atoms with van der Waals surface area (Å²) in [5.41, 5.74) is 0. The van der Waals surface area contributed by atoms with Gasteiger partial charge in [0.05, 0.1) is 6.07 Å². The van der Waals surface area contributed by atoms with Crippen LogP contribution in [0.5, 0.6) is 0 Å². The number of hydrogen-bond acceptors (Lipinski definition) is 2. The average Bonchev–Trinajstić information content (AvgIpc) is 2.42. The van der Waals surface area contributed by atoms with Gasteiger partial charge in [0.2, 0.25) is 5.91 Å². The smallest absolute Gasteiger partial charge is 0.221 e. The fourth-order valence-corrected chi connectivity index (χ4v) is 2.19. The molecule has 0 spiro atoms. The zero-order chi connectivity index (χ0) is 15.2. The Morgan fingerprint density at radius 1 is 1.00 bits per heavy atom. The SMILES string of the molecule is CCCCCCCCCCCC(=O)NC(C#N)C(C)C. The molecular weight excluding hydrogens is 248 g/mol. The lowest BCUT2D eigenvalue weighted by atomic mass is 10.0. The van der Waals surface area contributed by atoms with Gasteiger partial charge in [0.15, 0.2) is 0 Å².